The van der Waals surface area contributed by atoms with E-state index in [0.717, 1.165) is 0 Å². The van der Waals surface area contributed by atoms with Crippen LogP contribution in [0.4, 0.5) is 5.95 Å². The van der Waals surface area contributed by atoms with E-state index >= 15 is 0 Å². The number of para-hydroxylation sites is 1. The van der Waals surface area contributed by atoms with Crippen molar-refractivity contribution in [2.45, 2.75) is 57.8 Å². The number of nitrogens with one attached hydrogen (secondary N) is 2. The molecule has 3 aromatic rings. The molecule has 0 aliphatic carbocycles. The molecule has 4 atom stereocenters. The summed E-state index contributed by atoms with van der Waals surface area (Å²) in [6.45, 7) is 4.73. The summed E-state index contributed by atoms with van der Waals surface area (Å²) in [7, 11) is -2.44. The number of rotatable bonds is 11. The molecule has 1 aliphatic heterocycles. The Bertz CT molecular complexity index is 1320. The predicted molar refractivity (Wildman–Crippen MR) is 138 cm³/mol. The number of nitrogen functional groups attached to an aromatic ring is 1. The Hall–Kier alpha value is -3.13. The molecule has 2 aromatic heterocycles. The van der Waals surface area contributed by atoms with E-state index in [9.17, 15) is 14.5 Å². The van der Waals surface area contributed by atoms with Crippen molar-refractivity contribution in [1.82, 2.24) is 24.6 Å². The first-order chi connectivity index (χ1) is 18.0. The molecular weight excluding hydrogens is 519 g/mol. The number of nitrogens with zero attached hydrogens (tertiary/aromatic N) is 3. The number of anilines is 1. The normalized spacial score (nSPS) is 21.9. The summed E-state index contributed by atoms with van der Waals surface area (Å²) < 4.78 is 30.4. The van der Waals surface area contributed by atoms with Gasteiger partial charge in [-0.1, -0.05) is 23.3 Å². The van der Waals surface area contributed by atoms with Crippen LogP contribution in [0.25, 0.3) is 11.2 Å². The maximum atomic E-state index is 12.4. The van der Waals surface area contributed by atoms with Gasteiger partial charge < -0.3 is 19.9 Å². The summed E-state index contributed by atoms with van der Waals surface area (Å²) in [5.41, 5.74) is 5.63. The van der Waals surface area contributed by atoms with Gasteiger partial charge >= 0.3 is 14.1 Å². The first-order valence-corrected chi connectivity index (χ1v) is 13.6. The first kappa shape index (κ1) is 27.9. The summed E-state index contributed by atoms with van der Waals surface area (Å²) >= 11 is 0. The number of esters is 1. The van der Waals surface area contributed by atoms with Crippen molar-refractivity contribution in [2.75, 3.05) is 19.5 Å². The molecule has 1 saturated heterocycles. The van der Waals surface area contributed by atoms with Crippen LogP contribution in [0.5, 0.6) is 5.75 Å². The van der Waals surface area contributed by atoms with E-state index in [1.807, 2.05) is 0 Å². The Kier molecular flexibility index (Phi) is 8.31. The molecule has 1 fully saturated rings. The number of H-pyrrole nitrogens is 1. The molecule has 206 valence electrons. The Morgan fingerprint density at radius 2 is 2.11 bits per heavy atom. The third-order valence-electron chi connectivity index (χ3n) is 5.75. The monoisotopic (exact) mass is 551 g/mol. The number of ether oxygens (including phenoxy) is 3. The zero-order valence-corrected chi connectivity index (χ0v) is 22.4. The van der Waals surface area contributed by atoms with Gasteiger partial charge in [-0.2, -0.15) is 14.4 Å². The molecule has 4 rings (SSSR count). The molecule has 0 spiro atoms. The van der Waals surface area contributed by atoms with Crippen LogP contribution in [0.1, 0.15) is 39.8 Å². The second-order valence-electron chi connectivity index (χ2n) is 9.04. The summed E-state index contributed by atoms with van der Waals surface area (Å²) in [4.78, 5) is 46.7. The molecule has 0 saturated carbocycles. The van der Waals surface area contributed by atoms with E-state index in [1.165, 1.54) is 20.4 Å². The SMILES string of the molecule is COC1(CO[P+](O)(NC(C)C(=O)OC(C)C)Oc2ccccc2)CCC(n2cnc3c(=O)[nH]c(N)nc32)O1. The van der Waals surface area contributed by atoms with E-state index in [-0.39, 0.29) is 29.8 Å². The number of benzene rings is 1. The van der Waals surface area contributed by atoms with E-state index < -0.39 is 37.7 Å². The Labute approximate surface area is 219 Å². The van der Waals surface area contributed by atoms with Crippen molar-refractivity contribution < 1.29 is 32.9 Å². The van der Waals surface area contributed by atoms with Gasteiger partial charge in [-0.25, -0.2) is 4.98 Å². The van der Waals surface area contributed by atoms with Crippen molar-refractivity contribution in [1.29, 1.82) is 0 Å². The number of methoxy groups -OCH3 is 1. The van der Waals surface area contributed by atoms with Crippen LogP contribution in [0.2, 0.25) is 0 Å². The minimum atomic E-state index is -3.89. The lowest BCUT2D eigenvalue weighted by atomic mass is 10.2. The Morgan fingerprint density at radius 1 is 1.37 bits per heavy atom. The molecule has 0 radical (unpaired) electrons. The van der Waals surface area contributed by atoms with Crippen LogP contribution < -0.4 is 20.9 Å². The molecule has 3 heterocycles. The average Bonchev–Trinajstić information content (AvgIpc) is 3.48. The number of carbonyl (C=O) groups excluding carboxylic acids is 1. The van der Waals surface area contributed by atoms with Crippen molar-refractivity contribution >= 4 is 31.2 Å². The van der Waals surface area contributed by atoms with Gasteiger partial charge in [-0.05, 0) is 39.3 Å². The van der Waals surface area contributed by atoms with Crippen LogP contribution in [-0.4, -0.2) is 62.0 Å². The highest BCUT2D eigenvalue weighted by molar-refractivity contribution is 7.58. The second-order valence-corrected chi connectivity index (χ2v) is 10.8. The van der Waals surface area contributed by atoms with Crippen molar-refractivity contribution in [3.8, 4) is 5.75 Å². The van der Waals surface area contributed by atoms with Gasteiger partial charge in [0.15, 0.2) is 29.3 Å². The summed E-state index contributed by atoms with van der Waals surface area (Å²) in [5, 5.41) is 2.75. The van der Waals surface area contributed by atoms with E-state index in [1.54, 1.807) is 48.7 Å². The number of fused-ring (bicyclic) bond motifs is 1. The topological polar surface area (TPSA) is 185 Å². The minimum absolute atomic E-state index is 0.0484. The molecule has 0 bridgehead atoms. The Morgan fingerprint density at radius 3 is 2.79 bits per heavy atom. The van der Waals surface area contributed by atoms with E-state index in [2.05, 4.69) is 20.0 Å². The van der Waals surface area contributed by atoms with Crippen molar-refractivity contribution in [2.24, 2.45) is 0 Å². The van der Waals surface area contributed by atoms with E-state index in [0.29, 0.717) is 18.6 Å². The lowest BCUT2D eigenvalue weighted by molar-refractivity contribution is -0.239. The van der Waals surface area contributed by atoms with Crippen LogP contribution in [0.3, 0.4) is 0 Å². The number of hydrogen-bond donors (Lipinski definition) is 4. The summed E-state index contributed by atoms with van der Waals surface area (Å²) in [6.07, 6.45) is 1.32. The molecule has 15 heteroatoms. The largest absolute Gasteiger partial charge is 0.544 e. The number of nitrogens with two attached hydrogens (primary N) is 1. The fourth-order valence-electron chi connectivity index (χ4n) is 3.91. The molecule has 4 unspecified atom stereocenters. The van der Waals surface area contributed by atoms with Gasteiger partial charge in [-0.15, -0.1) is 0 Å². The zero-order valence-electron chi connectivity index (χ0n) is 21.5. The third kappa shape index (κ3) is 6.29. The van der Waals surface area contributed by atoms with Gasteiger partial charge in [0.2, 0.25) is 5.95 Å². The van der Waals surface area contributed by atoms with Gasteiger partial charge in [0.1, 0.15) is 12.3 Å². The highest BCUT2D eigenvalue weighted by Crippen LogP contribution is 2.54. The lowest BCUT2D eigenvalue weighted by Crippen LogP contribution is -2.41. The van der Waals surface area contributed by atoms with Crippen molar-refractivity contribution in [3.63, 3.8) is 0 Å². The van der Waals surface area contributed by atoms with Gasteiger partial charge in [0.25, 0.3) is 5.56 Å². The van der Waals surface area contributed by atoms with Crippen LogP contribution in [0.15, 0.2) is 41.5 Å². The fraction of sp³-hybridized carbons (Fsp3) is 0.478. The maximum absolute atomic E-state index is 12.4. The fourth-order valence-corrected chi connectivity index (χ4v) is 5.46. The van der Waals surface area contributed by atoms with E-state index in [4.69, 9.17) is 29.0 Å². The zero-order chi connectivity index (χ0) is 27.5. The number of aromatic nitrogens is 4. The predicted octanol–water partition coefficient (Wildman–Crippen LogP) is 2.05. The second kappa shape index (κ2) is 11.3. The summed E-state index contributed by atoms with van der Waals surface area (Å²) in [6, 6.07) is 7.61. The molecule has 1 aliphatic rings. The van der Waals surface area contributed by atoms with Gasteiger partial charge in [0, 0.05) is 13.5 Å². The standard InChI is InChI=1S/C23H31N6O8P/c1-14(2)35-21(31)15(3)28-38(32,37-16-8-6-5-7-9-16)34-12-23(33-4)11-10-17(36-23)29-13-25-18-19(29)26-22(24)27-20(18)30/h5-9,13-15,17,28,32H,10-12H2,1-4H3,(H2-,24,26,27,30)/p+1. The van der Waals surface area contributed by atoms with Gasteiger partial charge in [-0.3, -0.25) is 23.7 Å². The van der Waals surface area contributed by atoms with Gasteiger partial charge in [0.05, 0.1) is 12.4 Å². The quantitative estimate of drug-likeness (QED) is 0.201. The van der Waals surface area contributed by atoms with Crippen LogP contribution >= 0.6 is 8.09 Å². The minimum Gasteiger partial charge on any atom is -0.462 e. The molecular formula is C23H32N6O8P+. The number of aromatic amines is 1. The Balaban J connectivity index is 1.52. The van der Waals surface area contributed by atoms with Crippen LogP contribution in [0, 0.1) is 0 Å². The average molecular weight is 552 g/mol. The lowest BCUT2D eigenvalue weighted by Gasteiger charge is -2.29. The molecule has 14 nitrogen and oxygen atoms in total. The number of imidazole rings is 1. The molecule has 38 heavy (non-hydrogen) atoms. The highest BCUT2D eigenvalue weighted by atomic mass is 31.2. The number of hydrogen-bond acceptors (Lipinski definition) is 12. The molecule has 5 N–H and O–H groups in total. The van der Waals surface area contributed by atoms with Crippen LogP contribution in [-0.2, 0) is 23.5 Å². The highest BCUT2D eigenvalue weighted by Gasteiger charge is 2.52. The summed E-state index contributed by atoms with van der Waals surface area (Å²) in [5.74, 6) is -1.58. The third-order valence-corrected chi connectivity index (χ3v) is 7.40. The maximum Gasteiger partial charge on any atom is 0.544 e. The van der Waals surface area contributed by atoms with Crippen molar-refractivity contribution in [3.05, 3.63) is 47.0 Å². The molecule has 0 amide bonds. The smallest absolute Gasteiger partial charge is 0.462 e. The number of carbonyl (C=O) groups is 1. The first-order valence-electron chi connectivity index (χ1n) is 12.0. The molecule has 1 aromatic carbocycles.